The number of nitrogens with one attached hydrogen (secondary N) is 1. The molecule has 2 heterocycles. The Morgan fingerprint density at radius 3 is 2.26 bits per heavy atom. The van der Waals surface area contributed by atoms with Crippen LogP contribution in [0.4, 0.5) is 32.0 Å². The van der Waals surface area contributed by atoms with E-state index >= 15 is 0 Å². The fourth-order valence-corrected chi connectivity index (χ4v) is 5.35. The van der Waals surface area contributed by atoms with Gasteiger partial charge in [0.25, 0.3) is 5.91 Å². The van der Waals surface area contributed by atoms with Crippen molar-refractivity contribution < 1.29 is 55.7 Å². The van der Waals surface area contributed by atoms with Gasteiger partial charge in [-0.25, -0.2) is 9.78 Å². The van der Waals surface area contributed by atoms with Crippen molar-refractivity contribution in [1.82, 2.24) is 9.88 Å². The van der Waals surface area contributed by atoms with E-state index in [1.165, 1.54) is 48.5 Å². The van der Waals surface area contributed by atoms with Crippen molar-refractivity contribution in [2.45, 2.75) is 24.9 Å². The summed E-state index contributed by atoms with van der Waals surface area (Å²) in [6, 6.07) is 10.8. The molecule has 1 aliphatic rings. The SMILES string of the molecule is O=C(CCN1C(=O)C(=Cc2cccc(-c3cc(C(F)(F)F)cc(C(F)(F)F)c3)n2)SC1=S)Nc1ccc(C(=O)OCC(O)CO)cc1. The molecule has 1 unspecified atom stereocenters. The number of thioether (sulfide) groups is 1. The molecule has 17 heteroatoms. The van der Waals surface area contributed by atoms with Gasteiger partial charge < -0.3 is 20.3 Å². The third-order valence-electron chi connectivity index (χ3n) is 6.39. The summed E-state index contributed by atoms with van der Waals surface area (Å²) in [7, 11) is 0. The molecule has 248 valence electrons. The minimum atomic E-state index is -5.04. The Bertz CT molecular complexity index is 1680. The number of esters is 1. The second-order valence-electron chi connectivity index (χ2n) is 9.89. The Morgan fingerprint density at radius 1 is 1.02 bits per heavy atom. The molecule has 0 radical (unpaired) electrons. The quantitative estimate of drug-likeness (QED) is 0.108. The highest BCUT2D eigenvalue weighted by Crippen LogP contribution is 2.39. The molecule has 0 spiro atoms. The number of amides is 2. The van der Waals surface area contributed by atoms with Gasteiger partial charge in [0.2, 0.25) is 5.91 Å². The lowest BCUT2D eigenvalue weighted by Crippen LogP contribution is -2.31. The molecule has 9 nitrogen and oxygen atoms in total. The Morgan fingerprint density at radius 2 is 1.66 bits per heavy atom. The number of hydrogen-bond donors (Lipinski definition) is 3. The zero-order valence-corrected chi connectivity index (χ0v) is 25.4. The van der Waals surface area contributed by atoms with Crippen LogP contribution < -0.4 is 5.32 Å². The van der Waals surface area contributed by atoms with Crippen LogP contribution in [0.5, 0.6) is 0 Å². The van der Waals surface area contributed by atoms with Crippen molar-refractivity contribution in [3.05, 3.63) is 88.0 Å². The summed E-state index contributed by atoms with van der Waals surface area (Å²) in [6.45, 7) is -1.07. The van der Waals surface area contributed by atoms with Crippen molar-refractivity contribution in [2.24, 2.45) is 0 Å². The van der Waals surface area contributed by atoms with Crippen LogP contribution >= 0.6 is 24.0 Å². The van der Waals surface area contributed by atoms with Crippen LogP contribution in [-0.4, -0.2) is 68.1 Å². The molecule has 0 aliphatic carbocycles. The minimum absolute atomic E-state index is 0.0173. The summed E-state index contributed by atoms with van der Waals surface area (Å²) >= 11 is 6.15. The maximum Gasteiger partial charge on any atom is 0.416 e. The van der Waals surface area contributed by atoms with E-state index in [-0.39, 0.29) is 45.2 Å². The molecule has 1 saturated heterocycles. The third-order valence-corrected chi connectivity index (χ3v) is 7.77. The van der Waals surface area contributed by atoms with E-state index < -0.39 is 66.1 Å². The molecule has 2 aromatic carbocycles. The predicted octanol–water partition coefficient (Wildman–Crippen LogP) is 5.53. The molecular formula is C30H23F6N3O6S2. The van der Waals surface area contributed by atoms with E-state index in [4.69, 9.17) is 22.1 Å². The summed E-state index contributed by atoms with van der Waals surface area (Å²) in [5.41, 5.74) is -3.05. The van der Waals surface area contributed by atoms with E-state index in [2.05, 4.69) is 10.3 Å². The number of anilines is 1. The molecule has 3 aromatic rings. The van der Waals surface area contributed by atoms with Gasteiger partial charge in [-0.05, 0) is 60.7 Å². The Kier molecular flexibility index (Phi) is 11.1. The van der Waals surface area contributed by atoms with Crippen LogP contribution in [0.15, 0.2) is 65.6 Å². The van der Waals surface area contributed by atoms with Gasteiger partial charge in [0, 0.05) is 24.2 Å². The number of aliphatic hydroxyl groups is 2. The number of hydrogen-bond acceptors (Lipinski definition) is 9. The molecule has 0 saturated carbocycles. The van der Waals surface area contributed by atoms with Crippen LogP contribution in [0.2, 0.25) is 0 Å². The summed E-state index contributed by atoms with van der Waals surface area (Å²) in [5.74, 6) is -1.81. The number of carbonyl (C=O) groups excluding carboxylic acids is 3. The zero-order valence-electron chi connectivity index (χ0n) is 23.8. The zero-order chi connectivity index (χ0) is 34.5. The largest absolute Gasteiger partial charge is 0.459 e. The number of nitrogens with zero attached hydrogens (tertiary/aromatic N) is 2. The fourth-order valence-electron chi connectivity index (χ4n) is 4.06. The Balaban J connectivity index is 1.40. The van der Waals surface area contributed by atoms with E-state index in [1.807, 2.05) is 0 Å². The molecule has 3 N–H and O–H groups in total. The van der Waals surface area contributed by atoms with Crippen LogP contribution in [0.3, 0.4) is 0 Å². The Labute approximate surface area is 272 Å². The van der Waals surface area contributed by atoms with Crippen LogP contribution in [-0.2, 0) is 26.7 Å². The first-order valence-corrected chi connectivity index (χ1v) is 14.7. The molecule has 1 fully saturated rings. The van der Waals surface area contributed by atoms with Gasteiger partial charge >= 0.3 is 18.3 Å². The number of pyridine rings is 1. The van der Waals surface area contributed by atoms with Crippen molar-refractivity contribution >= 4 is 57.8 Å². The van der Waals surface area contributed by atoms with Crippen LogP contribution in [0.25, 0.3) is 17.3 Å². The first-order valence-electron chi connectivity index (χ1n) is 13.4. The molecule has 1 aliphatic heterocycles. The number of carbonyl (C=O) groups is 3. The number of benzene rings is 2. The number of halogens is 6. The van der Waals surface area contributed by atoms with Gasteiger partial charge in [-0.3, -0.25) is 14.5 Å². The van der Waals surface area contributed by atoms with Gasteiger partial charge in [0.15, 0.2) is 0 Å². The van der Waals surface area contributed by atoms with Gasteiger partial charge in [-0.2, -0.15) is 26.3 Å². The number of thiocarbonyl (C=S) groups is 1. The maximum absolute atomic E-state index is 13.3. The maximum atomic E-state index is 13.3. The van der Waals surface area contributed by atoms with Crippen LogP contribution in [0, 0.1) is 0 Å². The van der Waals surface area contributed by atoms with Gasteiger partial charge in [-0.15, -0.1) is 0 Å². The highest BCUT2D eigenvalue weighted by Gasteiger charge is 2.37. The summed E-state index contributed by atoms with van der Waals surface area (Å²) in [5, 5.41) is 20.7. The van der Waals surface area contributed by atoms with Crippen molar-refractivity contribution in [2.75, 3.05) is 25.1 Å². The predicted molar refractivity (Wildman–Crippen MR) is 163 cm³/mol. The third kappa shape index (κ3) is 9.37. The molecule has 0 bridgehead atoms. The molecule has 4 rings (SSSR count). The van der Waals surface area contributed by atoms with Crippen molar-refractivity contribution in [3.8, 4) is 11.3 Å². The minimum Gasteiger partial charge on any atom is -0.459 e. The average molecular weight is 700 g/mol. The molecule has 47 heavy (non-hydrogen) atoms. The van der Waals surface area contributed by atoms with E-state index in [0.29, 0.717) is 17.8 Å². The first kappa shape index (κ1) is 35.5. The topological polar surface area (TPSA) is 129 Å². The summed E-state index contributed by atoms with van der Waals surface area (Å²) in [6.07, 6.45) is -10.2. The average Bonchev–Trinajstić information content (AvgIpc) is 3.28. The lowest BCUT2D eigenvalue weighted by Gasteiger charge is -2.14. The smallest absolute Gasteiger partial charge is 0.416 e. The number of aromatic nitrogens is 1. The molecular weight excluding hydrogens is 676 g/mol. The van der Waals surface area contributed by atoms with E-state index in [1.54, 1.807) is 0 Å². The number of rotatable bonds is 10. The fraction of sp³-hybridized carbons (Fsp3) is 0.233. The number of alkyl halides is 6. The monoisotopic (exact) mass is 699 g/mol. The highest BCUT2D eigenvalue weighted by atomic mass is 32.2. The lowest BCUT2D eigenvalue weighted by atomic mass is 10.0. The lowest BCUT2D eigenvalue weighted by molar-refractivity contribution is -0.143. The molecule has 1 atom stereocenters. The number of ether oxygens (including phenoxy) is 1. The summed E-state index contributed by atoms with van der Waals surface area (Å²) < 4.78 is 84.9. The first-order chi connectivity index (χ1) is 22.0. The van der Waals surface area contributed by atoms with E-state index in [0.717, 1.165) is 16.7 Å². The van der Waals surface area contributed by atoms with Crippen molar-refractivity contribution in [3.63, 3.8) is 0 Å². The Hall–Kier alpha value is -4.32. The molecule has 2 amide bonds. The van der Waals surface area contributed by atoms with Gasteiger partial charge in [0.1, 0.15) is 17.0 Å². The number of aliphatic hydroxyl groups excluding tert-OH is 2. The highest BCUT2D eigenvalue weighted by molar-refractivity contribution is 8.26. The summed E-state index contributed by atoms with van der Waals surface area (Å²) in [4.78, 5) is 42.9. The van der Waals surface area contributed by atoms with Crippen LogP contribution in [0.1, 0.15) is 33.6 Å². The standard InChI is InChI=1S/C30H23F6N3O6S2/c31-29(32,33)18-10-17(11-19(12-18)30(34,35)36)23-3-1-2-21(37-23)13-24-26(43)39(28(46)47-24)9-8-25(42)38-20-6-4-16(5-7-20)27(44)45-15-22(41)14-40/h1-7,10-13,22,40-41H,8-9,14-15H2,(H,38,42). The van der Waals surface area contributed by atoms with E-state index in [9.17, 15) is 45.8 Å². The van der Waals surface area contributed by atoms with Gasteiger partial charge in [-0.1, -0.05) is 30.0 Å². The van der Waals surface area contributed by atoms with Gasteiger partial charge in [0.05, 0.1) is 39.6 Å². The molecule has 1 aromatic heterocycles. The van der Waals surface area contributed by atoms with Crippen molar-refractivity contribution in [1.29, 1.82) is 0 Å². The second-order valence-corrected chi connectivity index (χ2v) is 11.6. The normalized spacial score (nSPS) is 15.2. The second kappa shape index (κ2) is 14.6.